The average molecular weight is 260 g/mol. The molecule has 0 aliphatic heterocycles. The van der Waals surface area contributed by atoms with Crippen LogP contribution >= 0.6 is 0 Å². The maximum absolute atomic E-state index is 8.57. The Balaban J connectivity index is 2.50. The lowest BCUT2D eigenvalue weighted by Gasteiger charge is -2.18. The van der Waals surface area contributed by atoms with Crippen LogP contribution in [0.4, 0.5) is 0 Å². The molecule has 104 valence electrons. The zero-order valence-electron chi connectivity index (χ0n) is 12.1. The highest BCUT2D eigenvalue weighted by Crippen LogP contribution is 2.18. The van der Waals surface area contributed by atoms with Gasteiger partial charge in [-0.3, -0.25) is 0 Å². The molecule has 0 aliphatic rings. The molecule has 0 radical (unpaired) electrons. The first kappa shape index (κ1) is 15.5. The molecule has 0 spiro atoms. The van der Waals surface area contributed by atoms with Gasteiger partial charge in [-0.25, -0.2) is 0 Å². The highest BCUT2D eigenvalue weighted by atomic mass is 16.5. The molecular formula is C16H24N2O. The topological polar surface area (TPSA) is 45.0 Å². The second kappa shape index (κ2) is 8.55. The van der Waals surface area contributed by atoms with Crippen molar-refractivity contribution in [3.8, 4) is 11.8 Å². The summed E-state index contributed by atoms with van der Waals surface area (Å²) >= 11 is 0. The van der Waals surface area contributed by atoms with Crippen LogP contribution in [0.25, 0.3) is 0 Å². The van der Waals surface area contributed by atoms with E-state index in [9.17, 15) is 0 Å². The monoisotopic (exact) mass is 260 g/mol. The van der Waals surface area contributed by atoms with E-state index in [1.54, 1.807) is 0 Å². The molecule has 2 unspecified atom stereocenters. The zero-order valence-corrected chi connectivity index (χ0v) is 12.1. The molecular weight excluding hydrogens is 236 g/mol. The highest BCUT2D eigenvalue weighted by Gasteiger charge is 2.08. The largest absolute Gasteiger partial charge is 0.478 e. The minimum absolute atomic E-state index is 0.0967. The molecule has 19 heavy (non-hydrogen) atoms. The lowest BCUT2D eigenvalue weighted by Crippen LogP contribution is -2.27. The standard InChI is InChI=1S/C16H24N2O/c1-4-13(2)11-14(3)18-12-15-7-5-6-8-16(15)19-10-9-17/h5-8,13-14,18H,4,10-12H2,1-3H3. The van der Waals surface area contributed by atoms with Gasteiger partial charge in [0.05, 0.1) is 0 Å². The molecule has 0 fully saturated rings. The van der Waals surface area contributed by atoms with Crippen LogP contribution in [0.5, 0.6) is 5.75 Å². The van der Waals surface area contributed by atoms with Crippen molar-refractivity contribution in [1.82, 2.24) is 5.32 Å². The van der Waals surface area contributed by atoms with E-state index in [1.165, 1.54) is 12.8 Å². The number of para-hydroxylation sites is 1. The van der Waals surface area contributed by atoms with Crippen LogP contribution in [-0.2, 0) is 6.54 Å². The minimum atomic E-state index is 0.0967. The van der Waals surface area contributed by atoms with Gasteiger partial charge in [0.2, 0.25) is 0 Å². The van der Waals surface area contributed by atoms with Crippen molar-refractivity contribution in [2.45, 2.75) is 46.2 Å². The minimum Gasteiger partial charge on any atom is -0.478 e. The van der Waals surface area contributed by atoms with E-state index in [0.717, 1.165) is 23.8 Å². The quantitative estimate of drug-likeness (QED) is 0.778. The first-order chi connectivity index (χ1) is 9.17. The summed E-state index contributed by atoms with van der Waals surface area (Å²) in [4.78, 5) is 0. The van der Waals surface area contributed by atoms with Crippen molar-refractivity contribution in [3.05, 3.63) is 29.8 Å². The molecule has 1 aromatic carbocycles. The van der Waals surface area contributed by atoms with Gasteiger partial charge in [-0.2, -0.15) is 5.26 Å². The number of nitriles is 1. The molecule has 0 saturated carbocycles. The number of benzene rings is 1. The Bertz CT molecular complexity index is 411. The Hall–Kier alpha value is -1.53. The first-order valence-electron chi connectivity index (χ1n) is 6.98. The molecule has 3 heteroatoms. The Morgan fingerprint density at radius 1 is 1.32 bits per heavy atom. The van der Waals surface area contributed by atoms with Gasteiger partial charge in [0.15, 0.2) is 6.61 Å². The van der Waals surface area contributed by atoms with E-state index in [1.807, 2.05) is 30.3 Å². The SMILES string of the molecule is CCC(C)CC(C)NCc1ccccc1OCC#N. The molecule has 1 aromatic rings. The summed E-state index contributed by atoms with van der Waals surface area (Å²) in [5, 5.41) is 12.1. The maximum atomic E-state index is 8.57. The molecule has 0 bridgehead atoms. The first-order valence-corrected chi connectivity index (χ1v) is 6.98. The van der Waals surface area contributed by atoms with Crippen LogP contribution in [0.3, 0.4) is 0 Å². The van der Waals surface area contributed by atoms with Gasteiger partial charge in [0, 0.05) is 18.2 Å². The fraction of sp³-hybridized carbons (Fsp3) is 0.562. The van der Waals surface area contributed by atoms with Gasteiger partial charge in [-0.1, -0.05) is 38.5 Å². The van der Waals surface area contributed by atoms with Crippen molar-refractivity contribution < 1.29 is 4.74 Å². The Morgan fingerprint density at radius 3 is 2.74 bits per heavy atom. The summed E-state index contributed by atoms with van der Waals surface area (Å²) in [5.41, 5.74) is 1.11. The number of nitrogens with zero attached hydrogens (tertiary/aromatic N) is 1. The van der Waals surface area contributed by atoms with Gasteiger partial charge in [-0.05, 0) is 25.3 Å². The summed E-state index contributed by atoms with van der Waals surface area (Å²) in [7, 11) is 0. The lowest BCUT2D eigenvalue weighted by molar-refractivity contribution is 0.359. The molecule has 0 amide bonds. The number of hydrogen-bond acceptors (Lipinski definition) is 3. The summed E-state index contributed by atoms with van der Waals surface area (Å²) in [5.74, 6) is 1.54. The number of rotatable bonds is 8. The van der Waals surface area contributed by atoms with E-state index in [-0.39, 0.29) is 6.61 Å². The second-order valence-electron chi connectivity index (χ2n) is 5.09. The predicted octanol–water partition coefficient (Wildman–Crippen LogP) is 3.50. The van der Waals surface area contributed by atoms with E-state index < -0.39 is 0 Å². The molecule has 0 saturated heterocycles. The van der Waals surface area contributed by atoms with Crippen LogP contribution in [0.2, 0.25) is 0 Å². The van der Waals surface area contributed by atoms with Gasteiger partial charge < -0.3 is 10.1 Å². The van der Waals surface area contributed by atoms with Crippen LogP contribution < -0.4 is 10.1 Å². The fourth-order valence-electron chi connectivity index (χ4n) is 2.04. The van der Waals surface area contributed by atoms with Crippen molar-refractivity contribution in [3.63, 3.8) is 0 Å². The van der Waals surface area contributed by atoms with E-state index in [0.29, 0.717) is 6.04 Å². The van der Waals surface area contributed by atoms with E-state index in [2.05, 4.69) is 26.1 Å². The Morgan fingerprint density at radius 2 is 2.05 bits per heavy atom. The number of hydrogen-bond donors (Lipinski definition) is 1. The lowest BCUT2D eigenvalue weighted by atomic mass is 10.0. The van der Waals surface area contributed by atoms with Crippen LogP contribution in [0.1, 0.15) is 39.2 Å². The van der Waals surface area contributed by atoms with Crippen molar-refractivity contribution in [2.24, 2.45) is 5.92 Å². The van der Waals surface area contributed by atoms with E-state index >= 15 is 0 Å². The number of nitrogens with one attached hydrogen (secondary N) is 1. The highest BCUT2D eigenvalue weighted by molar-refractivity contribution is 5.33. The van der Waals surface area contributed by atoms with Gasteiger partial charge in [0.25, 0.3) is 0 Å². The van der Waals surface area contributed by atoms with Crippen molar-refractivity contribution >= 4 is 0 Å². The smallest absolute Gasteiger partial charge is 0.174 e. The van der Waals surface area contributed by atoms with Crippen LogP contribution in [0, 0.1) is 17.2 Å². The molecule has 0 heterocycles. The van der Waals surface area contributed by atoms with Crippen molar-refractivity contribution in [2.75, 3.05) is 6.61 Å². The zero-order chi connectivity index (χ0) is 14.1. The fourth-order valence-corrected chi connectivity index (χ4v) is 2.04. The van der Waals surface area contributed by atoms with Crippen molar-refractivity contribution in [1.29, 1.82) is 5.26 Å². The van der Waals surface area contributed by atoms with Gasteiger partial charge in [-0.15, -0.1) is 0 Å². The number of ether oxygens (including phenoxy) is 1. The third-order valence-corrected chi connectivity index (χ3v) is 3.36. The Labute approximate surface area is 116 Å². The van der Waals surface area contributed by atoms with Gasteiger partial charge in [0.1, 0.15) is 11.8 Å². The maximum Gasteiger partial charge on any atom is 0.174 e. The summed E-state index contributed by atoms with van der Waals surface area (Å²) in [6.45, 7) is 7.59. The van der Waals surface area contributed by atoms with Crippen LogP contribution in [0.15, 0.2) is 24.3 Å². The van der Waals surface area contributed by atoms with Gasteiger partial charge >= 0.3 is 0 Å². The summed E-state index contributed by atoms with van der Waals surface area (Å²) in [6, 6.07) is 10.4. The Kier molecular flexibility index (Phi) is 6.99. The molecule has 0 aliphatic carbocycles. The average Bonchev–Trinajstić information content (AvgIpc) is 2.43. The second-order valence-corrected chi connectivity index (χ2v) is 5.09. The molecule has 0 aromatic heterocycles. The van der Waals surface area contributed by atoms with Crippen LogP contribution in [-0.4, -0.2) is 12.6 Å². The third kappa shape index (κ3) is 5.76. The summed E-state index contributed by atoms with van der Waals surface area (Å²) in [6.07, 6.45) is 2.39. The molecule has 1 rings (SSSR count). The molecule has 1 N–H and O–H groups in total. The van der Waals surface area contributed by atoms with E-state index in [4.69, 9.17) is 10.00 Å². The normalized spacial score (nSPS) is 13.6. The predicted molar refractivity (Wildman–Crippen MR) is 77.9 cm³/mol. The molecule has 2 atom stereocenters. The third-order valence-electron chi connectivity index (χ3n) is 3.36. The molecule has 3 nitrogen and oxygen atoms in total. The summed E-state index contributed by atoms with van der Waals surface area (Å²) < 4.78 is 5.42.